The number of ketones is 1. The number of amides is 1. The lowest BCUT2D eigenvalue weighted by Gasteiger charge is -2.17. The van der Waals surface area contributed by atoms with Crippen molar-refractivity contribution in [1.29, 1.82) is 0 Å². The quantitative estimate of drug-likeness (QED) is 0.222. The highest BCUT2D eigenvalue weighted by Gasteiger charge is 2.19. The van der Waals surface area contributed by atoms with Gasteiger partial charge in [0.1, 0.15) is 0 Å². The molecule has 1 unspecified atom stereocenters. The van der Waals surface area contributed by atoms with E-state index >= 15 is 0 Å². The molecule has 0 bridgehead atoms. The molecule has 0 spiro atoms. The molecule has 0 aliphatic carbocycles. The summed E-state index contributed by atoms with van der Waals surface area (Å²) in [6.07, 6.45) is 6.82. The highest BCUT2D eigenvalue weighted by molar-refractivity contribution is 5.89. The van der Waals surface area contributed by atoms with Gasteiger partial charge < -0.3 is 11.1 Å². The van der Waals surface area contributed by atoms with E-state index in [0.29, 0.717) is 45.2 Å². The van der Waals surface area contributed by atoms with Crippen LogP contribution in [0.25, 0.3) is 10.4 Å². The second kappa shape index (κ2) is 14.4. The van der Waals surface area contributed by atoms with Gasteiger partial charge in [0, 0.05) is 24.3 Å². The first-order valence-corrected chi connectivity index (χ1v) is 8.18. The van der Waals surface area contributed by atoms with Crippen LogP contribution >= 0.6 is 0 Å². The molecule has 0 aromatic heterocycles. The summed E-state index contributed by atoms with van der Waals surface area (Å²) in [7, 11) is 0. The zero-order chi connectivity index (χ0) is 16.6. The molecule has 0 aromatic carbocycles. The summed E-state index contributed by atoms with van der Waals surface area (Å²) in [6.45, 7) is 2.90. The van der Waals surface area contributed by atoms with Gasteiger partial charge in [-0.3, -0.25) is 9.59 Å². The predicted molar refractivity (Wildman–Crippen MR) is 87.2 cm³/mol. The van der Waals surface area contributed by atoms with Crippen LogP contribution < -0.4 is 11.1 Å². The second-order valence-corrected chi connectivity index (χ2v) is 5.39. The van der Waals surface area contributed by atoms with Crippen LogP contribution in [-0.4, -0.2) is 30.8 Å². The predicted octanol–water partition coefficient (Wildman–Crippen LogP) is 2.84. The summed E-state index contributed by atoms with van der Waals surface area (Å²) in [6, 6.07) is -0.462. The van der Waals surface area contributed by atoms with Crippen molar-refractivity contribution in [3.05, 3.63) is 10.4 Å². The Bertz CT molecular complexity index is 367. The molecule has 3 N–H and O–H groups in total. The Labute approximate surface area is 132 Å². The molecular formula is C15H29N5O2. The zero-order valence-corrected chi connectivity index (χ0v) is 13.6. The Hall–Kier alpha value is -1.59. The van der Waals surface area contributed by atoms with Gasteiger partial charge in [0.05, 0.1) is 6.04 Å². The molecule has 0 aromatic rings. The number of rotatable bonds is 14. The van der Waals surface area contributed by atoms with Crippen LogP contribution in [0.3, 0.4) is 0 Å². The van der Waals surface area contributed by atoms with Crippen molar-refractivity contribution >= 4 is 11.7 Å². The van der Waals surface area contributed by atoms with Gasteiger partial charge in [-0.15, -0.1) is 0 Å². The van der Waals surface area contributed by atoms with E-state index in [1.165, 1.54) is 0 Å². The van der Waals surface area contributed by atoms with Crippen molar-refractivity contribution in [3.63, 3.8) is 0 Å². The first-order valence-electron chi connectivity index (χ1n) is 8.18. The lowest BCUT2D eigenvalue weighted by atomic mass is 10.0. The summed E-state index contributed by atoms with van der Waals surface area (Å²) in [5, 5.41) is 6.19. The molecule has 126 valence electrons. The van der Waals surface area contributed by atoms with Crippen molar-refractivity contribution < 1.29 is 9.59 Å². The molecule has 0 saturated heterocycles. The number of Topliss-reactive ketones (excluding diaryl/α,β-unsaturated/α-hetero) is 1. The molecule has 0 saturated carbocycles. The minimum atomic E-state index is -0.462. The van der Waals surface area contributed by atoms with E-state index in [2.05, 4.69) is 22.3 Å². The molecule has 0 heterocycles. The molecule has 7 nitrogen and oxygen atoms in total. The van der Waals surface area contributed by atoms with Gasteiger partial charge in [-0.25, -0.2) is 0 Å². The van der Waals surface area contributed by atoms with E-state index in [0.717, 1.165) is 25.7 Å². The van der Waals surface area contributed by atoms with Crippen molar-refractivity contribution in [1.82, 2.24) is 5.32 Å². The summed E-state index contributed by atoms with van der Waals surface area (Å²) < 4.78 is 0. The maximum absolute atomic E-state index is 12.1. The third-order valence-corrected chi connectivity index (χ3v) is 3.43. The van der Waals surface area contributed by atoms with Crippen LogP contribution in [0.5, 0.6) is 0 Å². The first kappa shape index (κ1) is 20.4. The molecule has 22 heavy (non-hydrogen) atoms. The lowest BCUT2D eigenvalue weighted by Crippen LogP contribution is -2.42. The normalized spacial score (nSPS) is 11.5. The van der Waals surface area contributed by atoms with Crippen LogP contribution in [0, 0.1) is 0 Å². The number of hydrogen-bond donors (Lipinski definition) is 2. The van der Waals surface area contributed by atoms with Crippen molar-refractivity contribution in [2.45, 2.75) is 70.8 Å². The number of carbonyl (C=O) groups excluding carboxylic acids is 2. The summed E-state index contributed by atoms with van der Waals surface area (Å²) in [5.41, 5.74) is 13.7. The number of carbonyl (C=O) groups is 2. The molecule has 1 amide bonds. The number of hydrogen-bond acceptors (Lipinski definition) is 4. The smallest absolute Gasteiger partial charge is 0.220 e. The van der Waals surface area contributed by atoms with E-state index in [4.69, 9.17) is 11.3 Å². The van der Waals surface area contributed by atoms with E-state index in [-0.39, 0.29) is 11.7 Å². The molecule has 0 aliphatic heterocycles. The minimum absolute atomic E-state index is 0.0731. The van der Waals surface area contributed by atoms with Gasteiger partial charge in [0.2, 0.25) is 5.91 Å². The summed E-state index contributed by atoms with van der Waals surface area (Å²) >= 11 is 0. The fourth-order valence-corrected chi connectivity index (χ4v) is 2.16. The Balaban J connectivity index is 4.06. The topological polar surface area (TPSA) is 121 Å². The van der Waals surface area contributed by atoms with E-state index in [1.54, 1.807) is 0 Å². The van der Waals surface area contributed by atoms with Crippen LogP contribution in [0.4, 0.5) is 0 Å². The van der Waals surface area contributed by atoms with Gasteiger partial charge in [-0.1, -0.05) is 31.3 Å². The molecule has 0 aliphatic rings. The van der Waals surface area contributed by atoms with Gasteiger partial charge in [-0.05, 0) is 37.8 Å². The number of unbranched alkanes of at least 4 members (excludes halogenated alkanes) is 4. The van der Waals surface area contributed by atoms with Crippen LogP contribution in [-0.2, 0) is 9.59 Å². The SMILES string of the molecule is CCCCCCC(=O)C(CCN)NC(=O)CCCCN=[N+]=[N-]. The molecular weight excluding hydrogens is 282 g/mol. The standard InChI is InChI=1S/C15H29N5O2/c1-2-3-4-5-8-14(21)13(10-11-16)19-15(22)9-6-7-12-18-20-17/h13H,2-12,16H2,1H3,(H,19,22). The monoisotopic (exact) mass is 311 g/mol. The summed E-state index contributed by atoms with van der Waals surface area (Å²) in [5.74, 6) is -0.0646. The first-order chi connectivity index (χ1) is 10.7. The maximum Gasteiger partial charge on any atom is 0.220 e. The lowest BCUT2D eigenvalue weighted by molar-refractivity contribution is -0.128. The van der Waals surface area contributed by atoms with E-state index < -0.39 is 6.04 Å². The highest BCUT2D eigenvalue weighted by atomic mass is 16.2. The second-order valence-electron chi connectivity index (χ2n) is 5.39. The average molecular weight is 311 g/mol. The molecule has 1 atom stereocenters. The molecule has 0 rings (SSSR count). The Kier molecular flexibility index (Phi) is 13.3. The highest BCUT2D eigenvalue weighted by Crippen LogP contribution is 2.07. The Morgan fingerprint density at radius 1 is 1.18 bits per heavy atom. The van der Waals surface area contributed by atoms with Gasteiger partial charge >= 0.3 is 0 Å². The third-order valence-electron chi connectivity index (χ3n) is 3.43. The number of nitrogens with two attached hydrogens (primary N) is 1. The fraction of sp³-hybridized carbons (Fsp3) is 0.867. The van der Waals surface area contributed by atoms with Gasteiger partial charge in [0.25, 0.3) is 0 Å². The van der Waals surface area contributed by atoms with Crippen molar-refractivity contribution in [2.24, 2.45) is 10.8 Å². The van der Waals surface area contributed by atoms with E-state index in [9.17, 15) is 9.59 Å². The fourth-order valence-electron chi connectivity index (χ4n) is 2.16. The van der Waals surface area contributed by atoms with Crippen molar-refractivity contribution in [3.8, 4) is 0 Å². The van der Waals surface area contributed by atoms with Gasteiger partial charge in [0.15, 0.2) is 5.78 Å². The van der Waals surface area contributed by atoms with Gasteiger partial charge in [-0.2, -0.15) is 0 Å². The number of azide groups is 1. The van der Waals surface area contributed by atoms with Crippen molar-refractivity contribution in [2.75, 3.05) is 13.1 Å². The molecule has 0 radical (unpaired) electrons. The van der Waals surface area contributed by atoms with Crippen LogP contribution in [0.1, 0.15) is 64.7 Å². The zero-order valence-electron chi connectivity index (χ0n) is 13.6. The Morgan fingerprint density at radius 3 is 2.55 bits per heavy atom. The molecule has 7 heteroatoms. The number of nitrogens with zero attached hydrogens (tertiary/aromatic N) is 3. The van der Waals surface area contributed by atoms with Crippen LogP contribution in [0.15, 0.2) is 5.11 Å². The Morgan fingerprint density at radius 2 is 1.91 bits per heavy atom. The minimum Gasteiger partial charge on any atom is -0.346 e. The molecule has 0 fully saturated rings. The summed E-state index contributed by atoms with van der Waals surface area (Å²) in [4.78, 5) is 26.6. The average Bonchev–Trinajstić information content (AvgIpc) is 2.50. The largest absolute Gasteiger partial charge is 0.346 e. The van der Waals surface area contributed by atoms with E-state index in [1.807, 2.05) is 0 Å². The third kappa shape index (κ3) is 11.1. The number of nitrogens with one attached hydrogen (secondary N) is 1. The maximum atomic E-state index is 12.1. The van der Waals surface area contributed by atoms with Crippen LogP contribution in [0.2, 0.25) is 0 Å².